The lowest BCUT2D eigenvalue weighted by Gasteiger charge is -2.27. The molecule has 0 radical (unpaired) electrons. The van der Waals surface area contributed by atoms with E-state index in [0.717, 1.165) is 6.42 Å². The molecule has 8 nitrogen and oxygen atoms in total. The van der Waals surface area contributed by atoms with E-state index in [9.17, 15) is 14.4 Å². The topological polar surface area (TPSA) is 109 Å². The van der Waals surface area contributed by atoms with Crippen LogP contribution in [0.1, 0.15) is 68.7 Å². The number of carbonyl (C=O) groups is 3. The zero-order chi connectivity index (χ0) is 22.8. The summed E-state index contributed by atoms with van der Waals surface area (Å²) in [7, 11) is 0. The van der Waals surface area contributed by atoms with Crippen molar-refractivity contribution in [2.75, 3.05) is 13.1 Å². The van der Waals surface area contributed by atoms with Crippen LogP contribution in [0.3, 0.4) is 0 Å². The highest BCUT2D eigenvalue weighted by molar-refractivity contribution is 5.89. The molecule has 0 saturated heterocycles. The van der Waals surface area contributed by atoms with Crippen LogP contribution in [0.25, 0.3) is 0 Å². The van der Waals surface area contributed by atoms with Crippen LogP contribution in [0.2, 0.25) is 0 Å². The van der Waals surface area contributed by atoms with E-state index < -0.39 is 23.8 Å². The first-order valence-electron chi connectivity index (χ1n) is 10.6. The Bertz CT molecular complexity index is 529. The van der Waals surface area contributed by atoms with Crippen molar-refractivity contribution < 1.29 is 19.1 Å². The minimum atomic E-state index is -0.585. The number of likely N-dealkylation sites (N-methyl/N-ethyl adjacent to an activating group) is 1. The Kier molecular flexibility index (Phi) is 11.9. The Hall–Kier alpha value is -1.83. The summed E-state index contributed by atoms with van der Waals surface area (Å²) in [5.41, 5.74) is -0.571. The van der Waals surface area contributed by atoms with Gasteiger partial charge in [0.25, 0.3) is 0 Å². The molecular formula is C21H42N4O4. The van der Waals surface area contributed by atoms with Crippen molar-refractivity contribution in [2.45, 2.75) is 92.5 Å². The fourth-order valence-corrected chi connectivity index (χ4v) is 2.75. The molecule has 0 aromatic heterocycles. The molecule has 0 aromatic carbocycles. The number of ether oxygens (including phenoxy) is 1. The quantitative estimate of drug-likeness (QED) is 0.414. The van der Waals surface area contributed by atoms with E-state index in [1.54, 1.807) is 6.92 Å². The molecule has 0 aromatic rings. The second-order valence-electron chi connectivity index (χ2n) is 9.23. The van der Waals surface area contributed by atoms with E-state index in [1.807, 2.05) is 41.5 Å². The first-order valence-corrected chi connectivity index (χ1v) is 10.6. The van der Waals surface area contributed by atoms with Crippen LogP contribution in [0.4, 0.5) is 4.79 Å². The van der Waals surface area contributed by atoms with E-state index in [1.165, 1.54) is 0 Å². The van der Waals surface area contributed by atoms with Crippen molar-refractivity contribution >= 4 is 17.9 Å². The van der Waals surface area contributed by atoms with Crippen molar-refractivity contribution in [1.29, 1.82) is 0 Å². The molecule has 0 heterocycles. The average molecular weight is 415 g/mol. The normalized spacial score (nSPS) is 14.9. The van der Waals surface area contributed by atoms with E-state index in [-0.39, 0.29) is 23.8 Å². The summed E-state index contributed by atoms with van der Waals surface area (Å²) >= 11 is 0. The summed E-state index contributed by atoms with van der Waals surface area (Å²) in [6, 6.07) is -1.27. The zero-order valence-corrected chi connectivity index (χ0v) is 19.6. The van der Waals surface area contributed by atoms with Gasteiger partial charge in [-0.15, -0.1) is 0 Å². The number of hydrogen-bond donors (Lipinski definition) is 4. The molecule has 3 amide bonds. The summed E-state index contributed by atoms with van der Waals surface area (Å²) in [5, 5.41) is 11.6. The van der Waals surface area contributed by atoms with Crippen LogP contribution in [-0.2, 0) is 14.3 Å². The van der Waals surface area contributed by atoms with Gasteiger partial charge in [-0.3, -0.25) is 9.59 Å². The van der Waals surface area contributed by atoms with E-state index in [4.69, 9.17) is 4.74 Å². The van der Waals surface area contributed by atoms with Crippen molar-refractivity contribution in [3.05, 3.63) is 0 Å². The van der Waals surface area contributed by atoms with Gasteiger partial charge in [0.1, 0.15) is 11.6 Å². The smallest absolute Gasteiger partial charge is 0.407 e. The van der Waals surface area contributed by atoms with Crippen molar-refractivity contribution in [2.24, 2.45) is 11.8 Å². The minimum Gasteiger partial charge on any atom is -0.444 e. The van der Waals surface area contributed by atoms with Crippen LogP contribution < -0.4 is 21.3 Å². The Labute approximate surface area is 176 Å². The van der Waals surface area contributed by atoms with Crippen molar-refractivity contribution in [3.63, 3.8) is 0 Å². The lowest BCUT2D eigenvalue weighted by atomic mass is 10.0. The van der Waals surface area contributed by atoms with Gasteiger partial charge in [0.05, 0.1) is 6.04 Å². The fourth-order valence-electron chi connectivity index (χ4n) is 2.75. The molecular weight excluding hydrogens is 372 g/mol. The highest BCUT2D eigenvalue weighted by Gasteiger charge is 2.26. The molecule has 0 aliphatic carbocycles. The van der Waals surface area contributed by atoms with E-state index in [0.29, 0.717) is 19.0 Å². The lowest BCUT2D eigenvalue weighted by Crippen LogP contribution is -2.55. The van der Waals surface area contributed by atoms with Gasteiger partial charge in [0.15, 0.2) is 0 Å². The lowest BCUT2D eigenvalue weighted by molar-refractivity contribution is -0.130. The Morgan fingerprint density at radius 2 is 1.52 bits per heavy atom. The number of amides is 3. The third kappa shape index (κ3) is 12.4. The average Bonchev–Trinajstić information content (AvgIpc) is 2.54. The first kappa shape index (κ1) is 27.2. The standard InChI is InChI=1S/C21H42N4O4/c1-10-22-19(27)17(14(4)5)25-18(26)15(6)23-12-16(11-13(2)3)24-20(28)29-21(7,8)9/h13-17,23H,10-12H2,1-9H3,(H,22,27)(H,24,28)(H,25,26)/t15-,16-,17-/m0/s1. The number of rotatable bonds is 11. The molecule has 4 N–H and O–H groups in total. The molecule has 0 spiro atoms. The van der Waals surface area contributed by atoms with Gasteiger partial charge < -0.3 is 26.0 Å². The Morgan fingerprint density at radius 3 is 1.97 bits per heavy atom. The van der Waals surface area contributed by atoms with Gasteiger partial charge in [-0.1, -0.05) is 27.7 Å². The number of carbonyl (C=O) groups excluding carboxylic acids is 3. The van der Waals surface area contributed by atoms with Crippen LogP contribution in [-0.4, -0.2) is 54.7 Å². The van der Waals surface area contributed by atoms with Gasteiger partial charge in [0, 0.05) is 19.1 Å². The van der Waals surface area contributed by atoms with Gasteiger partial charge in [-0.2, -0.15) is 0 Å². The Balaban J connectivity index is 4.82. The predicted molar refractivity (Wildman–Crippen MR) is 116 cm³/mol. The third-order valence-corrected chi connectivity index (χ3v) is 4.14. The van der Waals surface area contributed by atoms with E-state index in [2.05, 4.69) is 35.1 Å². The van der Waals surface area contributed by atoms with Gasteiger partial charge in [0.2, 0.25) is 11.8 Å². The minimum absolute atomic E-state index is 0.0276. The molecule has 29 heavy (non-hydrogen) atoms. The molecule has 8 heteroatoms. The highest BCUT2D eigenvalue weighted by Crippen LogP contribution is 2.09. The second kappa shape index (κ2) is 12.7. The van der Waals surface area contributed by atoms with Crippen LogP contribution in [0.5, 0.6) is 0 Å². The summed E-state index contributed by atoms with van der Waals surface area (Å²) in [6.45, 7) is 17.9. The van der Waals surface area contributed by atoms with Gasteiger partial charge >= 0.3 is 6.09 Å². The van der Waals surface area contributed by atoms with E-state index >= 15 is 0 Å². The first-order chi connectivity index (χ1) is 13.3. The summed E-state index contributed by atoms with van der Waals surface area (Å²) in [6.07, 6.45) is 0.270. The monoisotopic (exact) mass is 414 g/mol. The maximum Gasteiger partial charge on any atom is 0.407 e. The number of nitrogens with one attached hydrogen (secondary N) is 4. The number of hydrogen-bond acceptors (Lipinski definition) is 5. The highest BCUT2D eigenvalue weighted by atomic mass is 16.6. The van der Waals surface area contributed by atoms with Crippen LogP contribution in [0.15, 0.2) is 0 Å². The van der Waals surface area contributed by atoms with Gasteiger partial charge in [-0.05, 0) is 52.9 Å². The molecule has 0 saturated carbocycles. The molecule has 0 rings (SSSR count). The van der Waals surface area contributed by atoms with Crippen LogP contribution in [0, 0.1) is 11.8 Å². The maximum atomic E-state index is 12.5. The molecule has 3 atom stereocenters. The molecule has 0 unspecified atom stereocenters. The zero-order valence-electron chi connectivity index (χ0n) is 19.6. The molecule has 0 fully saturated rings. The van der Waals surface area contributed by atoms with Crippen LogP contribution >= 0.6 is 0 Å². The maximum absolute atomic E-state index is 12.5. The molecule has 0 bridgehead atoms. The SMILES string of the molecule is CCNC(=O)[C@@H](NC(=O)[C@H](C)NC[C@H](CC(C)C)NC(=O)OC(C)(C)C)C(C)C. The molecule has 0 aliphatic heterocycles. The fraction of sp³-hybridized carbons (Fsp3) is 0.857. The molecule has 170 valence electrons. The van der Waals surface area contributed by atoms with Crippen molar-refractivity contribution in [1.82, 2.24) is 21.3 Å². The number of alkyl carbamates (subject to hydrolysis) is 1. The van der Waals surface area contributed by atoms with Gasteiger partial charge in [-0.25, -0.2) is 4.79 Å². The second-order valence-corrected chi connectivity index (χ2v) is 9.23. The summed E-state index contributed by atoms with van der Waals surface area (Å²) in [5.74, 6) is -0.105. The predicted octanol–water partition coefficient (Wildman–Crippen LogP) is 2.18. The van der Waals surface area contributed by atoms with Crippen molar-refractivity contribution in [3.8, 4) is 0 Å². The third-order valence-electron chi connectivity index (χ3n) is 4.14. The molecule has 0 aliphatic rings. The Morgan fingerprint density at radius 1 is 0.931 bits per heavy atom. The summed E-state index contributed by atoms with van der Waals surface area (Å²) < 4.78 is 5.33. The summed E-state index contributed by atoms with van der Waals surface area (Å²) in [4.78, 5) is 36.8. The largest absolute Gasteiger partial charge is 0.444 e.